The van der Waals surface area contributed by atoms with Crippen LogP contribution < -0.4 is 26.8 Å². The van der Waals surface area contributed by atoms with Crippen LogP contribution in [0.1, 0.15) is 49.9 Å². The molecule has 0 aliphatic carbocycles. The molecular formula is C23H28N6O5. The quantitative estimate of drug-likeness (QED) is 0.645. The molecule has 0 spiro atoms. The van der Waals surface area contributed by atoms with Crippen molar-refractivity contribution in [3.05, 3.63) is 50.7 Å². The summed E-state index contributed by atoms with van der Waals surface area (Å²) >= 11 is 0. The largest absolute Gasteiger partial charge is 0.383 e. The molecule has 34 heavy (non-hydrogen) atoms. The van der Waals surface area contributed by atoms with Crippen molar-refractivity contribution in [1.82, 2.24) is 14.5 Å². The molecule has 11 nitrogen and oxygen atoms in total. The molecule has 3 amide bonds. The molecule has 1 saturated heterocycles. The second-order valence-electron chi connectivity index (χ2n) is 8.81. The number of nitrogens with two attached hydrogens (primary N) is 1. The lowest BCUT2D eigenvalue weighted by molar-refractivity contribution is -0.121. The van der Waals surface area contributed by atoms with Crippen molar-refractivity contribution < 1.29 is 14.4 Å². The minimum absolute atomic E-state index is 0.114. The number of unbranched alkanes of at least 4 members (excludes halogenated alkanes) is 1. The van der Waals surface area contributed by atoms with Crippen LogP contribution >= 0.6 is 0 Å². The topological polar surface area (TPSA) is 142 Å². The van der Waals surface area contributed by atoms with Crippen LogP contribution in [-0.2, 0) is 16.1 Å². The summed E-state index contributed by atoms with van der Waals surface area (Å²) in [5.41, 5.74) is 4.39. The molecule has 2 aliphatic heterocycles. The number of aromatic amines is 1. The van der Waals surface area contributed by atoms with Gasteiger partial charge in [-0.1, -0.05) is 25.5 Å². The van der Waals surface area contributed by atoms with Gasteiger partial charge >= 0.3 is 5.69 Å². The lowest BCUT2D eigenvalue weighted by atomic mass is 9.98. The highest BCUT2D eigenvalue weighted by Gasteiger charge is 2.53. The van der Waals surface area contributed by atoms with Crippen molar-refractivity contribution in [3.63, 3.8) is 0 Å². The fraction of sp³-hybridized carbons (Fsp3) is 0.435. The Hall–Kier alpha value is -3.89. The summed E-state index contributed by atoms with van der Waals surface area (Å²) in [4.78, 5) is 70.4. The van der Waals surface area contributed by atoms with Crippen molar-refractivity contribution >= 4 is 34.9 Å². The summed E-state index contributed by atoms with van der Waals surface area (Å²) in [6.07, 6.45) is 2.08. The Labute approximate surface area is 195 Å². The van der Waals surface area contributed by atoms with Gasteiger partial charge in [-0.3, -0.25) is 33.6 Å². The first-order valence-corrected chi connectivity index (χ1v) is 11.2. The molecule has 0 saturated carbocycles. The van der Waals surface area contributed by atoms with E-state index in [-0.39, 0.29) is 36.3 Å². The van der Waals surface area contributed by atoms with Crippen molar-refractivity contribution in [3.8, 4) is 0 Å². The van der Waals surface area contributed by atoms with E-state index in [4.69, 9.17) is 5.73 Å². The number of carbonyl (C=O) groups is 3. The van der Waals surface area contributed by atoms with E-state index in [1.54, 1.807) is 36.1 Å². The lowest BCUT2D eigenvalue weighted by Crippen LogP contribution is -2.64. The molecule has 4 rings (SSSR count). The number of hydrogen-bond donors (Lipinski definition) is 2. The van der Waals surface area contributed by atoms with Crippen molar-refractivity contribution in [2.75, 3.05) is 29.1 Å². The maximum absolute atomic E-state index is 13.4. The van der Waals surface area contributed by atoms with Crippen molar-refractivity contribution in [1.29, 1.82) is 0 Å². The zero-order valence-corrected chi connectivity index (χ0v) is 19.5. The Morgan fingerprint density at radius 1 is 1.21 bits per heavy atom. The molecule has 1 aromatic carbocycles. The smallest absolute Gasteiger partial charge is 0.330 e. The molecule has 11 heteroatoms. The van der Waals surface area contributed by atoms with Gasteiger partial charge < -0.3 is 15.5 Å². The Kier molecular flexibility index (Phi) is 5.80. The van der Waals surface area contributed by atoms with E-state index < -0.39 is 22.8 Å². The summed E-state index contributed by atoms with van der Waals surface area (Å²) in [6, 6.07) is 6.80. The second kappa shape index (κ2) is 8.47. The number of nitrogen functional groups attached to an aromatic ring is 1. The summed E-state index contributed by atoms with van der Waals surface area (Å²) in [5.74, 6) is -1.19. The minimum Gasteiger partial charge on any atom is -0.383 e. The molecule has 0 bridgehead atoms. The zero-order chi connectivity index (χ0) is 24.8. The fourth-order valence-corrected chi connectivity index (χ4v) is 4.75. The highest BCUT2D eigenvalue weighted by molar-refractivity contribution is 6.11. The number of nitrogens with one attached hydrogen (secondary N) is 1. The van der Waals surface area contributed by atoms with Crippen LogP contribution in [0.15, 0.2) is 33.9 Å². The van der Waals surface area contributed by atoms with Crippen LogP contribution in [0.5, 0.6) is 0 Å². The Balaban J connectivity index is 1.69. The number of carbonyl (C=O) groups excluding carboxylic acids is 3. The number of rotatable bonds is 6. The Morgan fingerprint density at radius 3 is 2.62 bits per heavy atom. The second-order valence-corrected chi connectivity index (χ2v) is 8.81. The van der Waals surface area contributed by atoms with Crippen LogP contribution in [0.25, 0.3) is 0 Å². The SMILES string of the molecule is CCCCn1c(N)c(N(C)C(=O)CN2C(=O)c3ccccc3N3C(=O)CCC23C)c(=O)[nH]c1=O. The predicted octanol–water partition coefficient (Wildman–Crippen LogP) is 0.881. The van der Waals surface area contributed by atoms with E-state index >= 15 is 0 Å². The summed E-state index contributed by atoms with van der Waals surface area (Å²) in [6.45, 7) is 3.63. The summed E-state index contributed by atoms with van der Waals surface area (Å²) in [5, 5.41) is 0. The average Bonchev–Trinajstić information content (AvgIpc) is 3.11. The van der Waals surface area contributed by atoms with Gasteiger partial charge in [-0.05, 0) is 31.9 Å². The Bertz CT molecular complexity index is 1300. The number of benzene rings is 1. The van der Waals surface area contributed by atoms with E-state index in [2.05, 4.69) is 4.98 Å². The molecule has 3 N–H and O–H groups in total. The molecule has 1 fully saturated rings. The molecular weight excluding hydrogens is 440 g/mol. The molecule has 180 valence electrons. The molecule has 0 radical (unpaired) electrons. The van der Waals surface area contributed by atoms with Crippen LogP contribution in [0.3, 0.4) is 0 Å². The van der Waals surface area contributed by atoms with Crippen LogP contribution in [0, 0.1) is 0 Å². The van der Waals surface area contributed by atoms with Gasteiger partial charge in [-0.2, -0.15) is 0 Å². The number of likely N-dealkylation sites (N-methyl/N-ethyl adjacent to an activating group) is 1. The molecule has 1 aromatic heterocycles. The monoisotopic (exact) mass is 468 g/mol. The normalized spacial score (nSPS) is 19.3. The molecule has 1 atom stereocenters. The number of para-hydroxylation sites is 1. The number of H-pyrrole nitrogens is 1. The van der Waals surface area contributed by atoms with Crippen LogP contribution in [-0.4, -0.2) is 51.4 Å². The molecule has 2 aromatic rings. The number of amides is 3. The molecule has 2 aliphatic rings. The maximum atomic E-state index is 13.4. The van der Waals surface area contributed by atoms with Gasteiger partial charge in [0.15, 0.2) is 5.69 Å². The maximum Gasteiger partial charge on any atom is 0.330 e. The lowest BCUT2D eigenvalue weighted by Gasteiger charge is -2.48. The fourth-order valence-electron chi connectivity index (χ4n) is 4.75. The number of aromatic nitrogens is 2. The molecule has 3 heterocycles. The van der Waals surface area contributed by atoms with E-state index in [1.807, 2.05) is 6.92 Å². The summed E-state index contributed by atoms with van der Waals surface area (Å²) < 4.78 is 1.23. The molecule has 1 unspecified atom stereocenters. The Morgan fingerprint density at radius 2 is 1.91 bits per heavy atom. The van der Waals surface area contributed by atoms with Gasteiger partial charge in [-0.25, -0.2) is 4.79 Å². The van der Waals surface area contributed by atoms with E-state index in [9.17, 15) is 24.0 Å². The number of hydrogen-bond acceptors (Lipinski definition) is 6. The van der Waals surface area contributed by atoms with Gasteiger partial charge in [-0.15, -0.1) is 0 Å². The highest BCUT2D eigenvalue weighted by atomic mass is 16.2. The van der Waals surface area contributed by atoms with E-state index in [1.165, 1.54) is 16.5 Å². The third-order valence-electron chi connectivity index (χ3n) is 6.70. The first-order valence-electron chi connectivity index (χ1n) is 11.2. The van der Waals surface area contributed by atoms with E-state index in [0.717, 1.165) is 11.3 Å². The first kappa shape index (κ1) is 23.3. The number of anilines is 3. The van der Waals surface area contributed by atoms with Gasteiger partial charge in [0.25, 0.3) is 11.5 Å². The van der Waals surface area contributed by atoms with E-state index in [0.29, 0.717) is 30.6 Å². The first-order chi connectivity index (χ1) is 16.1. The van der Waals surface area contributed by atoms with Gasteiger partial charge in [0.2, 0.25) is 11.8 Å². The van der Waals surface area contributed by atoms with Gasteiger partial charge in [0.1, 0.15) is 18.0 Å². The standard InChI is InChI=1S/C23H28N6O5/c1-4-5-12-27-19(24)18(20(32)25-22(27)34)26(3)17(31)13-28-21(33)14-8-6-7-9-15(14)29-16(30)10-11-23(28,29)2/h6-9H,4-5,10-13,24H2,1-3H3,(H,25,32,34). The average molecular weight is 469 g/mol. The summed E-state index contributed by atoms with van der Waals surface area (Å²) in [7, 11) is 1.38. The zero-order valence-electron chi connectivity index (χ0n) is 19.5. The van der Waals surface area contributed by atoms with Gasteiger partial charge in [0.05, 0.1) is 11.3 Å². The third-order valence-corrected chi connectivity index (χ3v) is 6.70. The van der Waals surface area contributed by atoms with Crippen molar-refractivity contribution in [2.45, 2.75) is 51.7 Å². The van der Waals surface area contributed by atoms with Gasteiger partial charge in [0, 0.05) is 20.0 Å². The number of nitrogens with zero attached hydrogens (tertiary/aromatic N) is 4. The van der Waals surface area contributed by atoms with Crippen LogP contribution in [0.4, 0.5) is 17.2 Å². The third kappa shape index (κ3) is 3.47. The predicted molar refractivity (Wildman–Crippen MR) is 127 cm³/mol. The number of fused-ring (bicyclic) bond motifs is 3. The van der Waals surface area contributed by atoms with Crippen molar-refractivity contribution in [2.24, 2.45) is 0 Å². The highest BCUT2D eigenvalue weighted by Crippen LogP contribution is 2.43. The van der Waals surface area contributed by atoms with Crippen LogP contribution in [0.2, 0.25) is 0 Å². The minimum atomic E-state index is -1.02.